The van der Waals surface area contributed by atoms with Crippen LogP contribution < -0.4 is 15.8 Å². The van der Waals surface area contributed by atoms with Gasteiger partial charge in [0.1, 0.15) is 11.6 Å². The van der Waals surface area contributed by atoms with Gasteiger partial charge in [0, 0.05) is 23.2 Å². The van der Waals surface area contributed by atoms with Crippen molar-refractivity contribution in [2.75, 3.05) is 11.9 Å². The number of primary amides is 1. The zero-order valence-corrected chi connectivity index (χ0v) is 18.3. The Hall–Kier alpha value is -3.94. The molecule has 1 amide bonds. The fourth-order valence-electron chi connectivity index (χ4n) is 4.29. The summed E-state index contributed by atoms with van der Waals surface area (Å²) in [4.78, 5) is 21.5. The number of hydrogen-bond donors (Lipinski definition) is 2. The third-order valence-corrected chi connectivity index (χ3v) is 5.86. The Morgan fingerprint density at radius 3 is 2.85 bits per heavy atom. The van der Waals surface area contributed by atoms with Gasteiger partial charge in [-0.2, -0.15) is 9.97 Å². The molecule has 7 nitrogen and oxygen atoms in total. The van der Waals surface area contributed by atoms with Crippen molar-refractivity contribution >= 4 is 22.6 Å². The maximum Gasteiger partial charge on any atom is 0.249 e. The first-order chi connectivity index (χ1) is 16.0. The van der Waals surface area contributed by atoms with Crippen LogP contribution in [-0.4, -0.2) is 27.0 Å². The van der Waals surface area contributed by atoms with E-state index >= 15 is 0 Å². The molecule has 0 bridgehead atoms. The topological polar surface area (TPSA) is 95.1 Å². The first-order valence-electron chi connectivity index (χ1n) is 10.9. The summed E-state index contributed by atoms with van der Waals surface area (Å²) in [6.07, 6.45) is 2.69. The number of nitrogens with one attached hydrogen (secondary N) is 1. The van der Waals surface area contributed by atoms with Gasteiger partial charge in [-0.1, -0.05) is 18.2 Å². The molecule has 8 heteroatoms. The van der Waals surface area contributed by atoms with Gasteiger partial charge in [-0.25, -0.2) is 4.39 Å². The fraction of sp³-hybridized carbons (Fsp3) is 0.240. The highest BCUT2D eigenvalue weighted by Gasteiger charge is 2.21. The molecule has 2 aromatic carbocycles. The molecule has 0 fully saturated rings. The minimum absolute atomic E-state index is 0.278. The Kier molecular flexibility index (Phi) is 5.42. The van der Waals surface area contributed by atoms with E-state index in [9.17, 15) is 9.18 Å². The van der Waals surface area contributed by atoms with Gasteiger partial charge in [0.2, 0.25) is 17.7 Å². The van der Waals surface area contributed by atoms with Gasteiger partial charge < -0.3 is 15.8 Å². The smallest absolute Gasteiger partial charge is 0.249 e. The first kappa shape index (κ1) is 20.9. The number of hydrogen-bond acceptors (Lipinski definition) is 5. The predicted molar refractivity (Wildman–Crippen MR) is 124 cm³/mol. The Labute approximate surface area is 190 Å². The van der Waals surface area contributed by atoms with Crippen molar-refractivity contribution in [3.05, 3.63) is 76.7 Å². The van der Waals surface area contributed by atoms with E-state index in [0.717, 1.165) is 47.0 Å². The number of aryl methyl sites for hydroxylation is 1. The standard InChI is InChI=1S/C25H24FN5O2/c1-15-12-20-18(22(27)32)9-5-10-21(20)31(15)25-29-23(19-8-2-3-11-33-24(19)30-25)28-14-16-6-4-7-17(26)13-16/h4-7,9-10,12-13H,2-3,8,11,14H2,1H3,(H2,27,32)(H,28,29,30). The molecule has 0 saturated carbocycles. The van der Waals surface area contributed by atoms with Crippen LogP contribution in [0.5, 0.6) is 5.88 Å². The lowest BCUT2D eigenvalue weighted by Crippen LogP contribution is -2.13. The van der Waals surface area contributed by atoms with Crippen LogP contribution in [0.4, 0.5) is 10.2 Å². The van der Waals surface area contributed by atoms with Gasteiger partial charge in [0.15, 0.2) is 0 Å². The Morgan fingerprint density at radius 1 is 1.18 bits per heavy atom. The Bertz CT molecular complexity index is 1360. The van der Waals surface area contributed by atoms with Crippen LogP contribution in [-0.2, 0) is 13.0 Å². The summed E-state index contributed by atoms with van der Waals surface area (Å²) in [5, 5.41) is 4.10. The summed E-state index contributed by atoms with van der Waals surface area (Å²) in [7, 11) is 0. The summed E-state index contributed by atoms with van der Waals surface area (Å²) >= 11 is 0. The minimum atomic E-state index is -0.485. The average molecular weight is 445 g/mol. The van der Waals surface area contributed by atoms with E-state index in [0.29, 0.717) is 36.4 Å². The average Bonchev–Trinajstić information content (AvgIpc) is 2.96. The number of benzene rings is 2. The third-order valence-electron chi connectivity index (χ3n) is 5.86. The van der Waals surface area contributed by atoms with E-state index in [-0.39, 0.29) is 5.82 Å². The molecule has 0 aliphatic carbocycles. The van der Waals surface area contributed by atoms with E-state index in [1.165, 1.54) is 12.1 Å². The Morgan fingerprint density at radius 2 is 2.03 bits per heavy atom. The molecule has 0 spiro atoms. The van der Waals surface area contributed by atoms with Crippen LogP contribution in [0.2, 0.25) is 0 Å². The molecular weight excluding hydrogens is 421 g/mol. The zero-order valence-electron chi connectivity index (χ0n) is 18.3. The van der Waals surface area contributed by atoms with Gasteiger partial charge in [-0.15, -0.1) is 0 Å². The van der Waals surface area contributed by atoms with Gasteiger partial charge in [0.05, 0.1) is 17.7 Å². The van der Waals surface area contributed by atoms with Crippen molar-refractivity contribution in [2.24, 2.45) is 5.73 Å². The number of ether oxygens (including phenoxy) is 1. The largest absolute Gasteiger partial charge is 0.477 e. The second kappa shape index (κ2) is 8.54. The number of rotatable bonds is 5. The van der Waals surface area contributed by atoms with E-state index in [4.69, 9.17) is 20.4 Å². The van der Waals surface area contributed by atoms with E-state index in [2.05, 4.69) is 5.32 Å². The predicted octanol–water partition coefficient (Wildman–Crippen LogP) is 4.29. The number of aromatic nitrogens is 3. The van der Waals surface area contributed by atoms with Gasteiger partial charge in [-0.05, 0) is 62.1 Å². The maximum atomic E-state index is 13.6. The molecule has 1 aliphatic rings. The third kappa shape index (κ3) is 4.00. The minimum Gasteiger partial charge on any atom is -0.477 e. The number of fused-ring (bicyclic) bond motifs is 2. The molecule has 0 saturated heterocycles. The zero-order chi connectivity index (χ0) is 22.9. The quantitative estimate of drug-likeness (QED) is 0.478. The number of halogens is 1. The summed E-state index contributed by atoms with van der Waals surface area (Å²) in [5.74, 6) is 0.882. The Balaban J connectivity index is 1.62. The fourth-order valence-corrected chi connectivity index (χ4v) is 4.29. The molecule has 5 rings (SSSR count). The summed E-state index contributed by atoms with van der Waals surface area (Å²) < 4.78 is 21.5. The maximum absolute atomic E-state index is 13.6. The van der Waals surface area contributed by atoms with Crippen molar-refractivity contribution in [1.29, 1.82) is 0 Å². The molecule has 0 atom stereocenters. The van der Waals surface area contributed by atoms with E-state index in [1.54, 1.807) is 18.2 Å². The number of nitrogens with two attached hydrogens (primary N) is 1. The van der Waals surface area contributed by atoms with Crippen LogP contribution in [0.3, 0.4) is 0 Å². The van der Waals surface area contributed by atoms with Gasteiger partial charge >= 0.3 is 0 Å². The molecule has 0 radical (unpaired) electrons. The summed E-state index contributed by atoms with van der Waals surface area (Å²) in [6.45, 7) is 2.93. The molecule has 168 valence electrons. The van der Waals surface area contributed by atoms with Crippen LogP contribution in [0, 0.1) is 12.7 Å². The van der Waals surface area contributed by atoms with Crippen molar-refractivity contribution in [3.8, 4) is 11.8 Å². The lowest BCUT2D eigenvalue weighted by molar-refractivity contribution is 0.100. The van der Waals surface area contributed by atoms with Crippen molar-refractivity contribution in [2.45, 2.75) is 32.7 Å². The first-order valence-corrected chi connectivity index (χ1v) is 10.9. The normalized spacial score (nSPS) is 13.3. The lowest BCUT2D eigenvalue weighted by Gasteiger charge is -2.16. The van der Waals surface area contributed by atoms with Crippen molar-refractivity contribution in [3.63, 3.8) is 0 Å². The number of amides is 1. The number of carbonyl (C=O) groups excluding carboxylic acids is 1. The number of anilines is 1. The molecule has 3 N–H and O–H groups in total. The van der Waals surface area contributed by atoms with Gasteiger partial charge in [0.25, 0.3) is 0 Å². The second-order valence-corrected chi connectivity index (χ2v) is 8.17. The molecular formula is C25H24FN5O2. The van der Waals surface area contributed by atoms with Crippen LogP contribution in [0.15, 0.2) is 48.5 Å². The highest BCUT2D eigenvalue weighted by Crippen LogP contribution is 2.32. The van der Waals surface area contributed by atoms with Crippen molar-refractivity contribution in [1.82, 2.24) is 14.5 Å². The highest BCUT2D eigenvalue weighted by atomic mass is 19.1. The number of nitrogens with zero attached hydrogens (tertiary/aromatic N) is 3. The molecule has 3 heterocycles. The lowest BCUT2D eigenvalue weighted by atomic mass is 10.1. The summed E-state index contributed by atoms with van der Waals surface area (Å²) in [5.41, 5.74) is 9.41. The van der Waals surface area contributed by atoms with E-state index in [1.807, 2.05) is 29.7 Å². The SMILES string of the molecule is Cc1cc2c(C(N)=O)cccc2n1-c1nc(NCc2cccc(F)c2)c2c(n1)OCCCC2. The molecule has 4 aromatic rings. The van der Waals surface area contributed by atoms with Crippen LogP contribution in [0.1, 0.15) is 40.0 Å². The summed E-state index contributed by atoms with van der Waals surface area (Å²) in [6, 6.07) is 13.8. The second-order valence-electron chi connectivity index (χ2n) is 8.17. The van der Waals surface area contributed by atoms with Crippen molar-refractivity contribution < 1.29 is 13.9 Å². The van der Waals surface area contributed by atoms with E-state index < -0.39 is 5.91 Å². The van der Waals surface area contributed by atoms with Gasteiger partial charge in [-0.3, -0.25) is 9.36 Å². The number of carbonyl (C=O) groups is 1. The molecule has 1 aliphatic heterocycles. The van der Waals surface area contributed by atoms with Crippen LogP contribution in [0.25, 0.3) is 16.9 Å². The molecule has 0 unspecified atom stereocenters. The monoisotopic (exact) mass is 445 g/mol. The molecule has 33 heavy (non-hydrogen) atoms. The highest BCUT2D eigenvalue weighted by molar-refractivity contribution is 6.06. The van der Waals surface area contributed by atoms with Crippen LogP contribution >= 0.6 is 0 Å². The molecule has 2 aromatic heterocycles.